The van der Waals surface area contributed by atoms with Gasteiger partial charge in [0, 0.05) is 7.05 Å². The lowest BCUT2D eigenvalue weighted by Gasteiger charge is -2.08. The molecule has 0 spiro atoms. The molecular weight excluding hydrogens is 372 g/mol. The van der Waals surface area contributed by atoms with E-state index >= 15 is 0 Å². The number of ether oxygens (including phenoxy) is 1. The normalized spacial score (nSPS) is 10.6. The van der Waals surface area contributed by atoms with E-state index in [4.69, 9.17) is 16.3 Å². The lowest BCUT2D eigenvalue weighted by molar-refractivity contribution is -0.113. The number of aromatic nitrogens is 3. The molecule has 1 heterocycles. The van der Waals surface area contributed by atoms with Crippen molar-refractivity contribution in [3.8, 4) is 17.1 Å². The number of halogens is 1. The first kappa shape index (κ1) is 18.3. The molecule has 8 heteroatoms. The summed E-state index contributed by atoms with van der Waals surface area (Å²) in [5.41, 5.74) is 1.44. The minimum Gasteiger partial charge on any atom is -0.496 e. The Hall–Kier alpha value is -2.51. The maximum absolute atomic E-state index is 12.2. The van der Waals surface area contributed by atoms with E-state index in [1.165, 1.54) is 11.8 Å². The largest absolute Gasteiger partial charge is 0.496 e. The van der Waals surface area contributed by atoms with Crippen LogP contribution in [0.15, 0.2) is 53.7 Å². The molecule has 0 atom stereocenters. The zero-order chi connectivity index (χ0) is 18.5. The second-order valence-electron chi connectivity index (χ2n) is 5.38. The van der Waals surface area contributed by atoms with Gasteiger partial charge in [0.2, 0.25) is 5.91 Å². The van der Waals surface area contributed by atoms with Gasteiger partial charge in [-0.1, -0.05) is 47.6 Å². The Bertz CT molecular complexity index is 929. The molecular formula is C18H17ClN4O2S. The number of amides is 1. The number of carbonyl (C=O) groups excluding carboxylic acids is 1. The van der Waals surface area contributed by atoms with E-state index in [0.717, 1.165) is 11.3 Å². The number of methoxy groups -OCH3 is 1. The second-order valence-corrected chi connectivity index (χ2v) is 6.73. The molecule has 0 saturated heterocycles. The fourth-order valence-electron chi connectivity index (χ4n) is 2.38. The van der Waals surface area contributed by atoms with E-state index in [-0.39, 0.29) is 11.7 Å². The lowest BCUT2D eigenvalue weighted by atomic mass is 10.2. The van der Waals surface area contributed by atoms with Crippen molar-refractivity contribution in [2.75, 3.05) is 18.2 Å². The van der Waals surface area contributed by atoms with Crippen molar-refractivity contribution in [1.82, 2.24) is 14.8 Å². The zero-order valence-corrected chi connectivity index (χ0v) is 15.8. The Morgan fingerprint density at radius 2 is 1.92 bits per heavy atom. The summed E-state index contributed by atoms with van der Waals surface area (Å²) in [5.74, 6) is 1.43. The van der Waals surface area contributed by atoms with E-state index in [0.29, 0.717) is 21.7 Å². The van der Waals surface area contributed by atoms with Crippen molar-refractivity contribution in [3.05, 3.63) is 53.6 Å². The molecule has 1 aromatic heterocycles. The third-order valence-electron chi connectivity index (χ3n) is 3.66. The highest BCUT2D eigenvalue weighted by Gasteiger charge is 2.16. The van der Waals surface area contributed by atoms with E-state index in [2.05, 4.69) is 15.5 Å². The number of para-hydroxylation sites is 2. The summed E-state index contributed by atoms with van der Waals surface area (Å²) in [6.07, 6.45) is 0. The molecule has 134 valence electrons. The summed E-state index contributed by atoms with van der Waals surface area (Å²) < 4.78 is 7.21. The Labute approximate surface area is 160 Å². The van der Waals surface area contributed by atoms with Gasteiger partial charge in [-0.2, -0.15) is 0 Å². The number of anilines is 1. The minimum atomic E-state index is -0.162. The van der Waals surface area contributed by atoms with E-state index in [1.807, 2.05) is 48.0 Å². The van der Waals surface area contributed by atoms with Crippen molar-refractivity contribution >= 4 is 35.0 Å². The predicted molar refractivity (Wildman–Crippen MR) is 104 cm³/mol. The lowest BCUT2D eigenvalue weighted by Crippen LogP contribution is -2.14. The van der Waals surface area contributed by atoms with Crippen LogP contribution in [0.1, 0.15) is 0 Å². The standard InChI is InChI=1S/C18H17ClN4O2S/c1-23-17(12-7-3-6-10-15(12)25-2)21-22-18(23)26-11-16(24)20-14-9-5-4-8-13(14)19/h3-10H,11H2,1-2H3,(H,20,24). The van der Waals surface area contributed by atoms with Crippen molar-refractivity contribution in [1.29, 1.82) is 0 Å². The number of nitrogens with zero attached hydrogens (tertiary/aromatic N) is 3. The first-order valence-electron chi connectivity index (χ1n) is 7.80. The highest BCUT2D eigenvalue weighted by molar-refractivity contribution is 7.99. The highest BCUT2D eigenvalue weighted by Crippen LogP contribution is 2.30. The number of nitrogens with one attached hydrogen (secondary N) is 1. The van der Waals surface area contributed by atoms with Crippen LogP contribution in [-0.2, 0) is 11.8 Å². The zero-order valence-electron chi connectivity index (χ0n) is 14.3. The van der Waals surface area contributed by atoms with Crippen molar-refractivity contribution < 1.29 is 9.53 Å². The summed E-state index contributed by atoms with van der Waals surface area (Å²) in [4.78, 5) is 12.2. The van der Waals surface area contributed by atoms with Gasteiger partial charge in [-0.05, 0) is 24.3 Å². The second kappa shape index (κ2) is 8.25. The van der Waals surface area contributed by atoms with E-state index < -0.39 is 0 Å². The highest BCUT2D eigenvalue weighted by atomic mass is 35.5. The molecule has 26 heavy (non-hydrogen) atoms. The molecule has 6 nitrogen and oxygen atoms in total. The van der Waals surface area contributed by atoms with E-state index in [1.54, 1.807) is 19.2 Å². The average molecular weight is 389 g/mol. The Balaban J connectivity index is 1.69. The summed E-state index contributed by atoms with van der Waals surface area (Å²) in [7, 11) is 3.47. The van der Waals surface area contributed by atoms with Gasteiger partial charge in [0.15, 0.2) is 11.0 Å². The predicted octanol–water partition coefficient (Wildman–Crippen LogP) is 3.87. The fraction of sp³-hybridized carbons (Fsp3) is 0.167. The molecule has 0 bridgehead atoms. The smallest absolute Gasteiger partial charge is 0.234 e. The third kappa shape index (κ3) is 4.00. The number of thioether (sulfide) groups is 1. The molecule has 2 aromatic carbocycles. The van der Waals surface area contributed by atoms with Crippen LogP contribution in [0, 0.1) is 0 Å². The van der Waals surface area contributed by atoms with Gasteiger partial charge in [-0.3, -0.25) is 4.79 Å². The van der Waals surface area contributed by atoms with Gasteiger partial charge in [0.1, 0.15) is 5.75 Å². The molecule has 1 N–H and O–H groups in total. The van der Waals surface area contributed by atoms with Crippen LogP contribution in [0.3, 0.4) is 0 Å². The topological polar surface area (TPSA) is 69.0 Å². The summed E-state index contributed by atoms with van der Waals surface area (Å²) in [5, 5.41) is 12.3. The average Bonchev–Trinajstić information content (AvgIpc) is 3.02. The Morgan fingerprint density at radius 3 is 2.69 bits per heavy atom. The summed E-state index contributed by atoms with van der Waals surface area (Å²) in [6.45, 7) is 0. The molecule has 0 saturated carbocycles. The minimum absolute atomic E-state index is 0.162. The van der Waals surface area contributed by atoms with Crippen molar-refractivity contribution in [3.63, 3.8) is 0 Å². The number of hydrogen-bond donors (Lipinski definition) is 1. The van der Waals surface area contributed by atoms with Gasteiger partial charge in [-0.15, -0.1) is 10.2 Å². The van der Waals surface area contributed by atoms with Crippen LogP contribution in [-0.4, -0.2) is 33.5 Å². The van der Waals surface area contributed by atoms with Gasteiger partial charge in [-0.25, -0.2) is 0 Å². The molecule has 0 unspecified atom stereocenters. The van der Waals surface area contributed by atoms with Crippen LogP contribution < -0.4 is 10.1 Å². The van der Waals surface area contributed by atoms with Crippen molar-refractivity contribution in [2.45, 2.75) is 5.16 Å². The maximum Gasteiger partial charge on any atom is 0.234 e. The summed E-state index contributed by atoms with van der Waals surface area (Å²) in [6, 6.07) is 14.7. The first-order valence-corrected chi connectivity index (χ1v) is 9.16. The summed E-state index contributed by atoms with van der Waals surface area (Å²) >= 11 is 7.35. The molecule has 3 aromatic rings. The number of hydrogen-bond acceptors (Lipinski definition) is 5. The molecule has 0 aliphatic carbocycles. The van der Waals surface area contributed by atoms with Crippen LogP contribution in [0.25, 0.3) is 11.4 Å². The quantitative estimate of drug-likeness (QED) is 0.649. The molecule has 0 aliphatic rings. The molecule has 0 aliphatic heterocycles. The van der Waals surface area contributed by atoms with Crippen LogP contribution in [0.2, 0.25) is 5.02 Å². The van der Waals surface area contributed by atoms with Crippen LogP contribution in [0.5, 0.6) is 5.75 Å². The first-order chi connectivity index (χ1) is 12.6. The van der Waals surface area contributed by atoms with Crippen LogP contribution >= 0.6 is 23.4 Å². The van der Waals surface area contributed by atoms with Gasteiger partial charge >= 0.3 is 0 Å². The molecule has 3 rings (SSSR count). The third-order valence-corrected chi connectivity index (χ3v) is 5.01. The molecule has 1 amide bonds. The SMILES string of the molecule is COc1ccccc1-c1nnc(SCC(=O)Nc2ccccc2Cl)n1C. The van der Waals surface area contributed by atoms with Crippen LogP contribution in [0.4, 0.5) is 5.69 Å². The number of rotatable bonds is 6. The van der Waals surface area contributed by atoms with Gasteiger partial charge in [0.25, 0.3) is 0 Å². The monoisotopic (exact) mass is 388 g/mol. The van der Waals surface area contributed by atoms with Gasteiger partial charge in [0.05, 0.1) is 29.1 Å². The van der Waals surface area contributed by atoms with E-state index in [9.17, 15) is 4.79 Å². The number of carbonyl (C=O) groups is 1. The van der Waals surface area contributed by atoms with Gasteiger partial charge < -0.3 is 14.6 Å². The molecule has 0 fully saturated rings. The fourth-order valence-corrected chi connectivity index (χ4v) is 3.28. The Morgan fingerprint density at radius 1 is 1.19 bits per heavy atom. The maximum atomic E-state index is 12.2. The Kier molecular flexibility index (Phi) is 5.80. The van der Waals surface area contributed by atoms with Crippen molar-refractivity contribution in [2.24, 2.45) is 7.05 Å². The number of benzene rings is 2. The molecule has 0 radical (unpaired) electrons.